The molecular formula is C21H26N4O2S. The number of hydrogen-bond donors (Lipinski definition) is 2. The van der Waals surface area contributed by atoms with Gasteiger partial charge in [-0.05, 0) is 57.2 Å². The SMILES string of the molecule is Cc1cccc(NC(=O)c2sc(-n3[nH]c(C)c(CCC(C)C)c3=O)nc2C)c1. The molecule has 2 aromatic heterocycles. The van der Waals surface area contributed by atoms with E-state index in [2.05, 4.69) is 29.2 Å². The number of nitrogens with zero attached hydrogens (tertiary/aromatic N) is 2. The third-order valence-corrected chi connectivity index (χ3v) is 5.77. The second kappa shape index (κ2) is 8.14. The molecule has 0 unspecified atom stereocenters. The minimum Gasteiger partial charge on any atom is -0.321 e. The van der Waals surface area contributed by atoms with E-state index in [1.54, 1.807) is 6.92 Å². The molecule has 148 valence electrons. The highest BCUT2D eigenvalue weighted by molar-refractivity contribution is 7.16. The Hall–Kier alpha value is -2.67. The van der Waals surface area contributed by atoms with Crippen LogP contribution in [0.3, 0.4) is 0 Å². The zero-order valence-corrected chi connectivity index (χ0v) is 17.7. The largest absolute Gasteiger partial charge is 0.321 e. The van der Waals surface area contributed by atoms with Crippen LogP contribution in [0.4, 0.5) is 5.69 Å². The van der Waals surface area contributed by atoms with Crippen LogP contribution in [0.15, 0.2) is 29.1 Å². The first-order valence-electron chi connectivity index (χ1n) is 9.42. The van der Waals surface area contributed by atoms with Gasteiger partial charge in [0.25, 0.3) is 11.5 Å². The standard InChI is InChI=1S/C21H26N4O2S/c1-12(2)9-10-17-14(4)24-25(20(17)27)21-22-15(5)18(28-21)19(26)23-16-8-6-7-13(3)11-16/h6-8,11-12,24H,9-10H2,1-5H3,(H,23,26). The molecule has 2 heterocycles. The van der Waals surface area contributed by atoms with Crippen molar-refractivity contribution < 1.29 is 4.79 Å². The number of thiazole rings is 1. The third-order valence-electron chi connectivity index (χ3n) is 4.62. The molecule has 0 spiro atoms. The predicted octanol–water partition coefficient (Wildman–Crippen LogP) is 4.39. The Labute approximate surface area is 168 Å². The zero-order chi connectivity index (χ0) is 20.4. The topological polar surface area (TPSA) is 79.8 Å². The van der Waals surface area contributed by atoms with E-state index in [0.717, 1.165) is 35.3 Å². The Morgan fingerprint density at radius 3 is 2.71 bits per heavy atom. The average molecular weight is 399 g/mol. The maximum absolute atomic E-state index is 12.8. The summed E-state index contributed by atoms with van der Waals surface area (Å²) < 4.78 is 1.45. The van der Waals surface area contributed by atoms with Gasteiger partial charge in [0, 0.05) is 16.9 Å². The molecule has 0 fully saturated rings. The number of aromatic amines is 1. The lowest BCUT2D eigenvalue weighted by atomic mass is 10.0. The summed E-state index contributed by atoms with van der Waals surface area (Å²) in [5.41, 5.74) is 3.97. The molecular weight excluding hydrogens is 372 g/mol. The highest BCUT2D eigenvalue weighted by Crippen LogP contribution is 2.23. The van der Waals surface area contributed by atoms with Crippen molar-refractivity contribution in [3.8, 4) is 5.13 Å². The number of aromatic nitrogens is 3. The molecule has 0 atom stereocenters. The van der Waals surface area contributed by atoms with Crippen molar-refractivity contribution >= 4 is 22.9 Å². The summed E-state index contributed by atoms with van der Waals surface area (Å²) in [4.78, 5) is 30.5. The first-order chi connectivity index (χ1) is 13.3. The number of nitrogens with one attached hydrogen (secondary N) is 2. The molecule has 1 amide bonds. The fraction of sp³-hybridized carbons (Fsp3) is 0.381. The lowest BCUT2D eigenvalue weighted by molar-refractivity contribution is 0.103. The molecule has 1 aromatic carbocycles. The van der Waals surface area contributed by atoms with Crippen LogP contribution in [0, 0.1) is 26.7 Å². The second-order valence-electron chi connectivity index (χ2n) is 7.52. The maximum Gasteiger partial charge on any atom is 0.276 e. The molecule has 7 heteroatoms. The quantitative estimate of drug-likeness (QED) is 0.646. The van der Waals surface area contributed by atoms with Crippen molar-refractivity contribution in [2.45, 2.75) is 47.5 Å². The number of rotatable bonds is 6. The van der Waals surface area contributed by atoms with E-state index >= 15 is 0 Å². The van der Waals surface area contributed by atoms with Crippen molar-refractivity contribution in [2.75, 3.05) is 5.32 Å². The van der Waals surface area contributed by atoms with Gasteiger partial charge in [-0.3, -0.25) is 14.7 Å². The van der Waals surface area contributed by atoms with Gasteiger partial charge in [0.05, 0.1) is 5.69 Å². The summed E-state index contributed by atoms with van der Waals surface area (Å²) in [6.45, 7) is 9.95. The maximum atomic E-state index is 12.8. The normalized spacial score (nSPS) is 11.2. The Bertz CT molecular complexity index is 1060. The average Bonchev–Trinajstić information content (AvgIpc) is 3.13. The van der Waals surface area contributed by atoms with Crippen LogP contribution in [-0.4, -0.2) is 20.7 Å². The monoisotopic (exact) mass is 398 g/mol. The molecule has 3 rings (SSSR count). The first kappa shape index (κ1) is 20.1. The molecule has 0 aliphatic heterocycles. The van der Waals surface area contributed by atoms with Gasteiger partial charge in [0.1, 0.15) is 4.88 Å². The van der Waals surface area contributed by atoms with Crippen molar-refractivity contribution in [3.05, 3.63) is 62.0 Å². The highest BCUT2D eigenvalue weighted by Gasteiger charge is 2.20. The van der Waals surface area contributed by atoms with Gasteiger partial charge in [0.2, 0.25) is 5.13 Å². The Kier molecular flexibility index (Phi) is 5.84. The first-order valence-corrected chi connectivity index (χ1v) is 10.2. The third kappa shape index (κ3) is 4.25. The second-order valence-corrected chi connectivity index (χ2v) is 8.50. The van der Waals surface area contributed by atoms with E-state index in [4.69, 9.17) is 0 Å². The molecule has 0 saturated heterocycles. The van der Waals surface area contributed by atoms with Crippen LogP contribution in [0.1, 0.15) is 52.5 Å². The highest BCUT2D eigenvalue weighted by atomic mass is 32.1. The molecule has 0 radical (unpaired) electrons. The van der Waals surface area contributed by atoms with Crippen molar-refractivity contribution in [1.82, 2.24) is 14.8 Å². The number of anilines is 1. The van der Waals surface area contributed by atoms with E-state index < -0.39 is 0 Å². The summed E-state index contributed by atoms with van der Waals surface area (Å²) in [5, 5.41) is 6.49. The number of aryl methyl sites for hydroxylation is 3. The molecule has 0 bridgehead atoms. The van der Waals surface area contributed by atoms with Gasteiger partial charge < -0.3 is 5.32 Å². The molecule has 6 nitrogen and oxygen atoms in total. The number of carbonyl (C=O) groups excluding carboxylic acids is 1. The molecule has 0 aliphatic rings. The smallest absolute Gasteiger partial charge is 0.276 e. The van der Waals surface area contributed by atoms with Gasteiger partial charge in [-0.1, -0.05) is 37.3 Å². The van der Waals surface area contributed by atoms with Gasteiger partial charge in [0.15, 0.2) is 0 Å². The van der Waals surface area contributed by atoms with Crippen molar-refractivity contribution in [2.24, 2.45) is 5.92 Å². The summed E-state index contributed by atoms with van der Waals surface area (Å²) in [6, 6.07) is 7.63. The molecule has 3 aromatic rings. The Morgan fingerprint density at radius 1 is 1.29 bits per heavy atom. The molecule has 0 aliphatic carbocycles. The fourth-order valence-electron chi connectivity index (χ4n) is 3.04. The van der Waals surface area contributed by atoms with Crippen LogP contribution in [0.5, 0.6) is 0 Å². The number of amides is 1. The summed E-state index contributed by atoms with van der Waals surface area (Å²) in [5.74, 6) is 0.310. The molecule has 0 saturated carbocycles. The van der Waals surface area contributed by atoms with E-state index in [1.165, 1.54) is 16.0 Å². The van der Waals surface area contributed by atoms with Crippen molar-refractivity contribution in [1.29, 1.82) is 0 Å². The predicted molar refractivity (Wildman–Crippen MR) is 114 cm³/mol. The van der Waals surface area contributed by atoms with Gasteiger partial charge in [-0.2, -0.15) is 4.68 Å². The lowest BCUT2D eigenvalue weighted by Crippen LogP contribution is -2.17. The number of hydrogen-bond acceptors (Lipinski definition) is 4. The lowest BCUT2D eigenvalue weighted by Gasteiger charge is -2.04. The minimum atomic E-state index is -0.219. The van der Waals surface area contributed by atoms with Crippen molar-refractivity contribution in [3.63, 3.8) is 0 Å². The van der Waals surface area contributed by atoms with Crippen LogP contribution in [0.2, 0.25) is 0 Å². The fourth-order valence-corrected chi connectivity index (χ4v) is 3.96. The summed E-state index contributed by atoms with van der Waals surface area (Å²) in [6.07, 6.45) is 1.69. The minimum absolute atomic E-state index is 0.0856. The number of carbonyl (C=O) groups is 1. The Morgan fingerprint density at radius 2 is 2.04 bits per heavy atom. The van der Waals surface area contributed by atoms with Crippen LogP contribution in [0.25, 0.3) is 5.13 Å². The van der Waals surface area contributed by atoms with Gasteiger partial charge in [-0.25, -0.2) is 4.98 Å². The molecule has 2 N–H and O–H groups in total. The summed E-state index contributed by atoms with van der Waals surface area (Å²) >= 11 is 1.21. The zero-order valence-electron chi connectivity index (χ0n) is 16.9. The molecule has 28 heavy (non-hydrogen) atoms. The van der Waals surface area contributed by atoms with Crippen LogP contribution in [-0.2, 0) is 6.42 Å². The van der Waals surface area contributed by atoms with Gasteiger partial charge >= 0.3 is 0 Å². The van der Waals surface area contributed by atoms with E-state index in [9.17, 15) is 9.59 Å². The van der Waals surface area contributed by atoms with Gasteiger partial charge in [-0.15, -0.1) is 0 Å². The number of H-pyrrole nitrogens is 1. The van der Waals surface area contributed by atoms with E-state index in [1.807, 2.05) is 38.1 Å². The Balaban J connectivity index is 1.87. The van der Waals surface area contributed by atoms with E-state index in [0.29, 0.717) is 21.6 Å². The van der Waals surface area contributed by atoms with Crippen LogP contribution >= 0.6 is 11.3 Å². The van der Waals surface area contributed by atoms with E-state index in [-0.39, 0.29) is 11.5 Å². The summed E-state index contributed by atoms with van der Waals surface area (Å²) in [7, 11) is 0. The van der Waals surface area contributed by atoms with Crippen LogP contribution < -0.4 is 10.9 Å². The number of benzene rings is 1.